The van der Waals surface area contributed by atoms with Crippen molar-refractivity contribution < 1.29 is 17.7 Å². The Morgan fingerprint density at radius 2 is 1.67 bits per heavy atom. The summed E-state index contributed by atoms with van der Waals surface area (Å²) in [6.45, 7) is 4.14. The van der Waals surface area contributed by atoms with Crippen molar-refractivity contribution in [3.8, 4) is 22.6 Å². The van der Waals surface area contributed by atoms with Gasteiger partial charge in [-0.1, -0.05) is 29.4 Å². The quantitative estimate of drug-likeness (QED) is 0.316. The van der Waals surface area contributed by atoms with E-state index in [1.165, 1.54) is 40.2 Å². The van der Waals surface area contributed by atoms with Crippen LogP contribution in [0.25, 0.3) is 27.7 Å². The second kappa shape index (κ2) is 9.13. The number of aromatic nitrogens is 2. The molecular weight excluding hydrogens is 476 g/mol. The Kier molecular flexibility index (Phi) is 5.97. The number of hydrogen-bond donors (Lipinski definition) is 0. The highest BCUT2D eigenvalue weighted by Gasteiger charge is 2.19. The Balaban J connectivity index is 1.61. The molecule has 0 amide bonds. The first kappa shape index (κ1) is 23.6. The molecule has 2 aromatic heterocycles. The molecule has 0 N–H and O–H groups in total. The van der Waals surface area contributed by atoms with E-state index in [0.29, 0.717) is 28.0 Å². The zero-order valence-electron chi connectivity index (χ0n) is 20.1. The van der Waals surface area contributed by atoms with Gasteiger partial charge in [-0.25, -0.2) is 8.42 Å². The summed E-state index contributed by atoms with van der Waals surface area (Å²) in [6, 6.07) is 21.2. The Labute approximate surface area is 208 Å². The van der Waals surface area contributed by atoms with Gasteiger partial charge in [0.1, 0.15) is 17.8 Å². The van der Waals surface area contributed by atoms with E-state index in [1.54, 1.807) is 25.3 Å². The molecule has 0 saturated heterocycles. The molecule has 7 nitrogen and oxygen atoms in total. The number of aryl methyl sites for hydroxylation is 2. The van der Waals surface area contributed by atoms with Crippen LogP contribution in [-0.2, 0) is 15.6 Å². The van der Waals surface area contributed by atoms with Crippen LogP contribution < -0.4 is 10.3 Å². The van der Waals surface area contributed by atoms with Gasteiger partial charge in [0, 0.05) is 17.5 Å². The van der Waals surface area contributed by atoms with Crippen molar-refractivity contribution >= 4 is 20.7 Å². The fourth-order valence-electron chi connectivity index (χ4n) is 4.22. The predicted octanol–water partition coefficient (Wildman–Crippen LogP) is 5.25. The minimum atomic E-state index is -3.65. The monoisotopic (exact) mass is 500 g/mol. The molecule has 2 heterocycles. The first-order valence-electron chi connectivity index (χ1n) is 11.3. The van der Waals surface area contributed by atoms with Gasteiger partial charge in [0.15, 0.2) is 9.84 Å². The largest absolute Gasteiger partial charge is 0.495 e. The van der Waals surface area contributed by atoms with Gasteiger partial charge in [0.2, 0.25) is 0 Å². The molecule has 0 bridgehead atoms. The fraction of sp³-hybridized carbons (Fsp3) is 0.143. The van der Waals surface area contributed by atoms with Crippen molar-refractivity contribution in [3.05, 3.63) is 106 Å². The average Bonchev–Trinajstić information content (AvgIpc) is 3.37. The van der Waals surface area contributed by atoms with Crippen molar-refractivity contribution in [2.24, 2.45) is 0 Å². The summed E-state index contributed by atoms with van der Waals surface area (Å²) >= 11 is 0. The number of methoxy groups -OCH3 is 1. The summed E-state index contributed by atoms with van der Waals surface area (Å²) in [5, 5.41) is 4.31. The van der Waals surface area contributed by atoms with Crippen LogP contribution in [0.4, 0.5) is 0 Å². The summed E-state index contributed by atoms with van der Waals surface area (Å²) in [5.41, 5.74) is 5.64. The molecule has 182 valence electrons. The minimum Gasteiger partial charge on any atom is -0.495 e. The van der Waals surface area contributed by atoms with Gasteiger partial charge < -0.3 is 9.26 Å². The molecule has 8 heteroatoms. The summed E-state index contributed by atoms with van der Waals surface area (Å²) < 4.78 is 37.8. The Hall–Kier alpha value is -4.17. The van der Waals surface area contributed by atoms with Crippen LogP contribution in [0.15, 0.2) is 93.3 Å². The Bertz CT molecular complexity index is 1750. The van der Waals surface area contributed by atoms with Gasteiger partial charge in [-0.05, 0) is 72.5 Å². The molecule has 0 aliphatic heterocycles. The topological polar surface area (TPSA) is 91.4 Å². The molecule has 0 atom stereocenters. The Morgan fingerprint density at radius 3 is 2.39 bits per heavy atom. The van der Waals surface area contributed by atoms with E-state index in [9.17, 15) is 13.2 Å². The molecule has 3 aromatic carbocycles. The van der Waals surface area contributed by atoms with Gasteiger partial charge in [-0.15, -0.1) is 0 Å². The van der Waals surface area contributed by atoms with E-state index in [2.05, 4.69) is 37.2 Å². The van der Waals surface area contributed by atoms with Crippen molar-refractivity contribution in [1.29, 1.82) is 0 Å². The fourth-order valence-corrected chi connectivity index (χ4v) is 5.51. The smallest absolute Gasteiger partial charge is 0.255 e. The molecule has 0 fully saturated rings. The highest BCUT2D eigenvalue weighted by Crippen LogP contribution is 2.32. The predicted molar refractivity (Wildman–Crippen MR) is 138 cm³/mol. The lowest BCUT2D eigenvalue weighted by Crippen LogP contribution is -2.18. The number of ether oxygens (including phenoxy) is 1. The van der Waals surface area contributed by atoms with Crippen molar-refractivity contribution in [2.45, 2.75) is 24.5 Å². The second-order valence-electron chi connectivity index (χ2n) is 8.66. The van der Waals surface area contributed by atoms with Crippen molar-refractivity contribution in [2.75, 3.05) is 7.11 Å². The molecule has 0 spiro atoms. The maximum Gasteiger partial charge on any atom is 0.255 e. The van der Waals surface area contributed by atoms with Crippen LogP contribution in [0.3, 0.4) is 0 Å². The van der Waals surface area contributed by atoms with Crippen LogP contribution in [0.5, 0.6) is 5.75 Å². The first-order chi connectivity index (χ1) is 17.3. The average molecular weight is 501 g/mol. The highest BCUT2D eigenvalue weighted by molar-refractivity contribution is 7.90. The molecule has 0 radical (unpaired) electrons. The van der Waals surface area contributed by atoms with Gasteiger partial charge in [-0.3, -0.25) is 9.36 Å². The van der Waals surface area contributed by atoms with Crippen molar-refractivity contribution in [3.63, 3.8) is 0 Å². The van der Waals surface area contributed by atoms with Gasteiger partial charge in [0.05, 0.1) is 28.9 Å². The second-order valence-corrected chi connectivity index (χ2v) is 10.7. The van der Waals surface area contributed by atoms with Crippen molar-refractivity contribution in [1.82, 2.24) is 9.72 Å². The minimum absolute atomic E-state index is 0.139. The molecule has 36 heavy (non-hydrogen) atoms. The number of benzene rings is 3. The summed E-state index contributed by atoms with van der Waals surface area (Å²) in [7, 11) is -2.09. The zero-order valence-corrected chi connectivity index (χ0v) is 20.9. The molecule has 0 saturated carbocycles. The summed E-state index contributed by atoms with van der Waals surface area (Å²) in [5.74, 6) is 0.255. The van der Waals surface area contributed by atoms with Gasteiger partial charge in [0.25, 0.3) is 5.56 Å². The maximum atomic E-state index is 13.0. The maximum absolute atomic E-state index is 13.0. The van der Waals surface area contributed by atoms with E-state index in [1.807, 2.05) is 18.2 Å². The SMILES string of the molecule is COc1cc(-c2ccc(C)c(C)c2)ccc1-n1c(=O)ccc2cc(S(=O)(=O)Cc3ccon3)ccc21. The summed E-state index contributed by atoms with van der Waals surface area (Å²) in [6.07, 6.45) is 1.34. The number of nitrogens with zero attached hydrogens (tertiary/aromatic N) is 2. The first-order valence-corrected chi connectivity index (χ1v) is 13.0. The molecule has 0 aliphatic carbocycles. The summed E-state index contributed by atoms with van der Waals surface area (Å²) in [4.78, 5) is 13.1. The Morgan fingerprint density at radius 1 is 0.889 bits per heavy atom. The van der Waals surface area contributed by atoms with Gasteiger partial charge in [-0.2, -0.15) is 0 Å². The number of sulfone groups is 1. The standard InChI is InChI=1S/C28H24N2O5S/c1-18-4-5-20(14-19(18)2)21-6-9-26(27(16-21)34-3)30-25-10-8-24(15-22(25)7-11-28(30)31)36(32,33)17-23-12-13-35-29-23/h4-16H,17H2,1-3H3. The lowest BCUT2D eigenvalue weighted by molar-refractivity contribution is 0.413. The number of hydrogen-bond acceptors (Lipinski definition) is 6. The number of rotatable bonds is 6. The van der Waals surface area contributed by atoms with Crippen LogP contribution >= 0.6 is 0 Å². The normalized spacial score (nSPS) is 11.6. The third-order valence-electron chi connectivity index (χ3n) is 6.31. The van der Waals surface area contributed by atoms with E-state index in [0.717, 1.165) is 11.1 Å². The van der Waals surface area contributed by atoms with Crippen LogP contribution in [0.2, 0.25) is 0 Å². The van der Waals surface area contributed by atoms with Gasteiger partial charge >= 0.3 is 0 Å². The molecule has 5 aromatic rings. The van der Waals surface area contributed by atoms with E-state index < -0.39 is 9.84 Å². The van der Waals surface area contributed by atoms with Crippen LogP contribution in [0.1, 0.15) is 16.8 Å². The van der Waals surface area contributed by atoms with E-state index >= 15 is 0 Å². The number of pyridine rings is 1. The lowest BCUT2D eigenvalue weighted by atomic mass is 10.00. The lowest BCUT2D eigenvalue weighted by Gasteiger charge is -2.16. The zero-order chi connectivity index (χ0) is 25.4. The van der Waals surface area contributed by atoms with Crippen LogP contribution in [-0.4, -0.2) is 25.3 Å². The third kappa shape index (κ3) is 4.31. The molecule has 0 aliphatic rings. The third-order valence-corrected chi connectivity index (χ3v) is 7.96. The molecule has 0 unspecified atom stereocenters. The highest BCUT2D eigenvalue weighted by atomic mass is 32.2. The molecular formula is C28H24N2O5S. The number of fused-ring (bicyclic) bond motifs is 1. The molecule has 5 rings (SSSR count). The van der Waals surface area contributed by atoms with E-state index in [4.69, 9.17) is 9.26 Å². The van der Waals surface area contributed by atoms with E-state index in [-0.39, 0.29) is 16.2 Å². The van der Waals surface area contributed by atoms with Crippen LogP contribution in [0, 0.1) is 13.8 Å².